The molecule has 1 aromatic heterocycles. The van der Waals surface area contributed by atoms with Crippen LogP contribution in [0.25, 0.3) is 11.4 Å². The Hall–Kier alpha value is -2.47. The first-order chi connectivity index (χ1) is 10.5. The summed E-state index contributed by atoms with van der Waals surface area (Å²) in [5, 5.41) is 10.2. The van der Waals surface area contributed by atoms with Crippen molar-refractivity contribution in [3.8, 4) is 11.4 Å². The number of rotatable bonds is 3. The highest BCUT2D eigenvalue weighted by Gasteiger charge is 2.09. The molecule has 0 aliphatic rings. The van der Waals surface area contributed by atoms with Crippen molar-refractivity contribution in [2.75, 3.05) is 5.32 Å². The Bertz CT molecular complexity index is 792. The Balaban J connectivity index is 1.87. The number of benzene rings is 2. The SMILES string of the molecule is Cc1cc(Cl)cc(Nc2n[nH]c(-c3cc(F)cc(F)c3)n2)c1. The van der Waals surface area contributed by atoms with E-state index in [1.807, 2.05) is 19.1 Å². The summed E-state index contributed by atoms with van der Waals surface area (Å²) < 4.78 is 26.4. The zero-order valence-corrected chi connectivity index (χ0v) is 12.2. The summed E-state index contributed by atoms with van der Waals surface area (Å²) >= 11 is 5.98. The van der Waals surface area contributed by atoms with Gasteiger partial charge >= 0.3 is 0 Å². The number of aryl methyl sites for hydroxylation is 1. The van der Waals surface area contributed by atoms with Crippen LogP contribution in [0.5, 0.6) is 0 Å². The van der Waals surface area contributed by atoms with Crippen LogP contribution in [0.4, 0.5) is 20.4 Å². The standard InChI is InChI=1S/C15H11ClF2N4/c1-8-2-10(16)6-13(3-8)19-15-20-14(21-22-15)9-4-11(17)7-12(18)5-9/h2-7H,1H3,(H2,19,20,21,22). The Morgan fingerprint density at radius 3 is 2.45 bits per heavy atom. The number of nitrogens with one attached hydrogen (secondary N) is 2. The second-order valence-corrected chi connectivity index (χ2v) is 5.24. The predicted octanol–water partition coefficient (Wildman–Crippen LogP) is 4.46. The van der Waals surface area contributed by atoms with Crippen LogP contribution in [-0.4, -0.2) is 15.2 Å². The number of hydrogen-bond donors (Lipinski definition) is 2. The summed E-state index contributed by atoms with van der Waals surface area (Å²) in [7, 11) is 0. The van der Waals surface area contributed by atoms with E-state index in [4.69, 9.17) is 11.6 Å². The number of anilines is 2. The van der Waals surface area contributed by atoms with Gasteiger partial charge in [0.2, 0.25) is 5.95 Å². The molecule has 0 bridgehead atoms. The van der Waals surface area contributed by atoms with Crippen LogP contribution in [0.1, 0.15) is 5.56 Å². The lowest BCUT2D eigenvalue weighted by Gasteiger charge is -2.03. The van der Waals surface area contributed by atoms with Crippen molar-refractivity contribution in [3.05, 3.63) is 58.6 Å². The van der Waals surface area contributed by atoms with E-state index in [1.165, 1.54) is 12.1 Å². The Morgan fingerprint density at radius 1 is 1.05 bits per heavy atom. The van der Waals surface area contributed by atoms with Crippen LogP contribution in [0.3, 0.4) is 0 Å². The van der Waals surface area contributed by atoms with Crippen LogP contribution in [0.2, 0.25) is 5.02 Å². The highest BCUT2D eigenvalue weighted by atomic mass is 35.5. The maximum absolute atomic E-state index is 13.2. The van der Waals surface area contributed by atoms with Gasteiger partial charge in [-0.25, -0.2) is 8.78 Å². The largest absolute Gasteiger partial charge is 0.323 e. The molecular weight excluding hydrogens is 310 g/mol. The highest BCUT2D eigenvalue weighted by Crippen LogP contribution is 2.23. The zero-order chi connectivity index (χ0) is 15.7. The van der Waals surface area contributed by atoms with Crippen LogP contribution in [0.15, 0.2) is 36.4 Å². The lowest BCUT2D eigenvalue weighted by Crippen LogP contribution is -1.93. The topological polar surface area (TPSA) is 53.6 Å². The lowest BCUT2D eigenvalue weighted by atomic mass is 10.2. The number of aromatic amines is 1. The van der Waals surface area contributed by atoms with Crippen molar-refractivity contribution in [2.45, 2.75) is 6.92 Å². The van der Waals surface area contributed by atoms with Gasteiger partial charge in [0.25, 0.3) is 0 Å². The molecule has 0 saturated heterocycles. The Labute approximate surface area is 130 Å². The molecule has 3 rings (SSSR count). The summed E-state index contributed by atoms with van der Waals surface area (Å²) in [4.78, 5) is 4.16. The minimum absolute atomic E-state index is 0.264. The first-order valence-corrected chi connectivity index (χ1v) is 6.80. The van der Waals surface area contributed by atoms with E-state index in [9.17, 15) is 8.78 Å². The zero-order valence-electron chi connectivity index (χ0n) is 11.5. The number of halogens is 3. The fraction of sp³-hybridized carbons (Fsp3) is 0.0667. The Morgan fingerprint density at radius 2 is 1.77 bits per heavy atom. The lowest BCUT2D eigenvalue weighted by molar-refractivity contribution is 0.584. The van der Waals surface area contributed by atoms with Gasteiger partial charge in [0.15, 0.2) is 5.82 Å². The molecule has 4 nitrogen and oxygen atoms in total. The van der Waals surface area contributed by atoms with E-state index in [0.29, 0.717) is 5.02 Å². The smallest absolute Gasteiger partial charge is 0.246 e. The van der Waals surface area contributed by atoms with E-state index in [-0.39, 0.29) is 17.3 Å². The molecule has 3 aromatic rings. The van der Waals surface area contributed by atoms with Gasteiger partial charge in [-0.2, -0.15) is 4.98 Å². The molecule has 112 valence electrons. The van der Waals surface area contributed by atoms with E-state index in [1.54, 1.807) is 6.07 Å². The van der Waals surface area contributed by atoms with Crippen LogP contribution < -0.4 is 5.32 Å². The van der Waals surface area contributed by atoms with Gasteiger partial charge < -0.3 is 5.32 Å². The van der Waals surface area contributed by atoms with E-state index < -0.39 is 11.6 Å². The van der Waals surface area contributed by atoms with Gasteiger partial charge in [0, 0.05) is 22.3 Å². The van der Waals surface area contributed by atoms with Crippen molar-refractivity contribution in [1.29, 1.82) is 0 Å². The molecular formula is C15H11ClF2N4. The number of hydrogen-bond acceptors (Lipinski definition) is 3. The Kier molecular flexibility index (Phi) is 3.77. The molecule has 2 N–H and O–H groups in total. The summed E-state index contributed by atoms with van der Waals surface area (Å²) in [5.74, 6) is -0.807. The number of H-pyrrole nitrogens is 1. The molecule has 7 heteroatoms. The average molecular weight is 321 g/mol. The molecule has 0 unspecified atom stereocenters. The molecule has 0 aliphatic heterocycles. The van der Waals surface area contributed by atoms with Gasteiger partial charge in [0.05, 0.1) is 0 Å². The first-order valence-electron chi connectivity index (χ1n) is 6.43. The van der Waals surface area contributed by atoms with Gasteiger partial charge in [-0.05, 0) is 42.8 Å². The molecule has 0 amide bonds. The van der Waals surface area contributed by atoms with Crippen molar-refractivity contribution in [2.24, 2.45) is 0 Å². The van der Waals surface area contributed by atoms with Crippen LogP contribution in [-0.2, 0) is 0 Å². The third-order valence-corrected chi connectivity index (χ3v) is 3.14. The molecule has 0 fully saturated rings. The first kappa shape index (κ1) is 14.5. The van der Waals surface area contributed by atoms with Gasteiger partial charge in [-0.3, -0.25) is 5.10 Å². The minimum atomic E-state index is -0.675. The van der Waals surface area contributed by atoms with E-state index >= 15 is 0 Å². The monoisotopic (exact) mass is 320 g/mol. The molecule has 0 radical (unpaired) electrons. The van der Waals surface area contributed by atoms with Crippen molar-refractivity contribution in [1.82, 2.24) is 15.2 Å². The molecule has 0 spiro atoms. The van der Waals surface area contributed by atoms with Crippen molar-refractivity contribution >= 4 is 23.2 Å². The summed E-state index contributed by atoms with van der Waals surface area (Å²) in [6, 6.07) is 8.59. The van der Waals surface area contributed by atoms with Crippen molar-refractivity contribution in [3.63, 3.8) is 0 Å². The van der Waals surface area contributed by atoms with Crippen molar-refractivity contribution < 1.29 is 8.78 Å². The quantitative estimate of drug-likeness (QED) is 0.749. The molecule has 0 atom stereocenters. The number of aromatic nitrogens is 3. The van der Waals surface area contributed by atoms with Gasteiger partial charge in [0.1, 0.15) is 11.6 Å². The summed E-state index contributed by atoms with van der Waals surface area (Å²) in [6.07, 6.45) is 0. The molecule has 0 aliphatic carbocycles. The molecule has 22 heavy (non-hydrogen) atoms. The summed E-state index contributed by atoms with van der Waals surface area (Å²) in [6.45, 7) is 1.91. The fourth-order valence-electron chi connectivity index (χ4n) is 2.07. The third-order valence-electron chi connectivity index (χ3n) is 2.92. The van der Waals surface area contributed by atoms with Gasteiger partial charge in [-0.1, -0.05) is 11.6 Å². The minimum Gasteiger partial charge on any atom is -0.323 e. The second kappa shape index (κ2) is 5.73. The maximum Gasteiger partial charge on any atom is 0.246 e. The highest BCUT2D eigenvalue weighted by molar-refractivity contribution is 6.30. The van der Waals surface area contributed by atoms with Crippen LogP contribution >= 0.6 is 11.6 Å². The van der Waals surface area contributed by atoms with E-state index in [0.717, 1.165) is 17.3 Å². The van der Waals surface area contributed by atoms with E-state index in [2.05, 4.69) is 20.5 Å². The molecule has 2 aromatic carbocycles. The third kappa shape index (κ3) is 3.23. The fourth-order valence-corrected chi connectivity index (χ4v) is 2.36. The normalized spacial score (nSPS) is 10.7. The molecule has 1 heterocycles. The predicted molar refractivity (Wildman–Crippen MR) is 81.2 cm³/mol. The maximum atomic E-state index is 13.2. The van der Waals surface area contributed by atoms with Gasteiger partial charge in [-0.15, -0.1) is 5.10 Å². The van der Waals surface area contributed by atoms with Crippen LogP contribution in [0, 0.1) is 18.6 Å². The average Bonchev–Trinajstić information content (AvgIpc) is 2.84. The summed E-state index contributed by atoms with van der Waals surface area (Å²) in [5.41, 5.74) is 1.99. The second-order valence-electron chi connectivity index (χ2n) is 4.81. The molecule has 0 saturated carbocycles. The number of nitrogens with zero attached hydrogens (tertiary/aromatic N) is 2.